The highest BCUT2D eigenvalue weighted by molar-refractivity contribution is 6.30. The Bertz CT molecular complexity index is 639. The molecule has 2 heterocycles. The lowest BCUT2D eigenvalue weighted by atomic mass is 10.0. The minimum Gasteiger partial charge on any atom is -0.328 e. The molecule has 1 unspecified atom stereocenters. The Kier molecular flexibility index (Phi) is 7.79. The zero-order valence-corrected chi connectivity index (χ0v) is 14.7. The average Bonchev–Trinajstić information content (AvgIpc) is 2.55. The van der Waals surface area contributed by atoms with E-state index < -0.39 is 0 Å². The molecule has 1 aromatic carbocycles. The molecule has 4 nitrogen and oxygen atoms in total. The van der Waals surface area contributed by atoms with Gasteiger partial charge in [-0.1, -0.05) is 29.8 Å². The Morgan fingerprint density at radius 3 is 2.74 bits per heavy atom. The molecule has 1 N–H and O–H groups in total. The monoisotopic (exact) mass is 373 g/mol. The van der Waals surface area contributed by atoms with Gasteiger partial charge >= 0.3 is 0 Å². The van der Waals surface area contributed by atoms with Crippen molar-refractivity contribution in [3.05, 3.63) is 64.9 Å². The second-order valence-electron chi connectivity index (χ2n) is 4.99. The molecule has 1 atom stereocenters. The first-order valence-corrected chi connectivity index (χ1v) is 7.31. The first-order valence-electron chi connectivity index (χ1n) is 6.94. The smallest absolute Gasteiger partial charge is 0.273 e. The van der Waals surface area contributed by atoms with E-state index in [2.05, 4.69) is 10.3 Å². The number of amides is 1. The number of carbonyl (C=O) groups is 1. The molecule has 0 radical (unpaired) electrons. The van der Waals surface area contributed by atoms with Gasteiger partial charge in [-0.3, -0.25) is 9.78 Å². The van der Waals surface area contributed by atoms with Crippen molar-refractivity contribution in [2.45, 2.75) is 6.04 Å². The predicted octanol–water partition coefficient (Wildman–Crippen LogP) is 3.37. The Hall–Kier alpha value is -1.33. The maximum absolute atomic E-state index is 12.7. The van der Waals surface area contributed by atoms with Gasteiger partial charge in [0.1, 0.15) is 5.69 Å². The Morgan fingerprint density at radius 1 is 1.22 bits per heavy atom. The van der Waals surface area contributed by atoms with E-state index in [1.807, 2.05) is 41.3 Å². The molecule has 1 fully saturated rings. The van der Waals surface area contributed by atoms with Gasteiger partial charge in [-0.25, -0.2) is 0 Å². The number of rotatable bonds is 2. The molecule has 0 bridgehead atoms. The van der Waals surface area contributed by atoms with Gasteiger partial charge < -0.3 is 10.2 Å². The van der Waals surface area contributed by atoms with Crippen molar-refractivity contribution >= 4 is 42.3 Å². The van der Waals surface area contributed by atoms with Crippen molar-refractivity contribution in [3.8, 4) is 0 Å². The summed E-state index contributed by atoms with van der Waals surface area (Å²) in [7, 11) is 0. The predicted molar refractivity (Wildman–Crippen MR) is 96.8 cm³/mol. The number of halogens is 3. The normalized spacial score (nSPS) is 16.9. The van der Waals surface area contributed by atoms with Crippen molar-refractivity contribution in [1.29, 1.82) is 0 Å². The second-order valence-corrected chi connectivity index (χ2v) is 5.42. The van der Waals surface area contributed by atoms with Gasteiger partial charge in [-0.2, -0.15) is 0 Å². The Labute approximate surface area is 153 Å². The molecule has 0 spiro atoms. The van der Waals surface area contributed by atoms with Crippen LogP contribution >= 0.6 is 36.4 Å². The molecule has 3 rings (SSSR count). The number of nitrogens with one attached hydrogen (secondary N) is 1. The SMILES string of the molecule is Cl.Cl.O=C(c1ccccn1)N1CCNCC1c1cccc(Cl)c1. The molecular formula is C16H18Cl3N3O. The van der Waals surface area contributed by atoms with Gasteiger partial charge in [0.2, 0.25) is 0 Å². The van der Waals surface area contributed by atoms with Crippen molar-refractivity contribution in [2.24, 2.45) is 0 Å². The second kappa shape index (κ2) is 9.08. The van der Waals surface area contributed by atoms with E-state index in [0.29, 0.717) is 17.3 Å². The number of piperazine rings is 1. The van der Waals surface area contributed by atoms with Crippen LogP contribution in [0.5, 0.6) is 0 Å². The van der Waals surface area contributed by atoms with Crippen molar-refractivity contribution < 1.29 is 4.79 Å². The van der Waals surface area contributed by atoms with Crippen molar-refractivity contribution in [1.82, 2.24) is 15.2 Å². The van der Waals surface area contributed by atoms with E-state index in [1.165, 1.54) is 0 Å². The van der Waals surface area contributed by atoms with Crippen molar-refractivity contribution in [2.75, 3.05) is 19.6 Å². The fourth-order valence-electron chi connectivity index (χ4n) is 2.60. The van der Waals surface area contributed by atoms with Crippen LogP contribution in [0.25, 0.3) is 0 Å². The maximum atomic E-state index is 12.7. The van der Waals surface area contributed by atoms with E-state index >= 15 is 0 Å². The van der Waals surface area contributed by atoms with Crippen LogP contribution in [-0.4, -0.2) is 35.4 Å². The van der Waals surface area contributed by atoms with Crippen LogP contribution < -0.4 is 5.32 Å². The van der Waals surface area contributed by atoms with Crippen molar-refractivity contribution in [3.63, 3.8) is 0 Å². The summed E-state index contributed by atoms with van der Waals surface area (Å²) in [5.41, 5.74) is 1.52. The van der Waals surface area contributed by atoms with Gasteiger partial charge in [-0.05, 0) is 29.8 Å². The van der Waals surface area contributed by atoms with E-state index in [4.69, 9.17) is 11.6 Å². The van der Waals surface area contributed by atoms with E-state index in [9.17, 15) is 4.79 Å². The highest BCUT2D eigenvalue weighted by Gasteiger charge is 2.29. The molecule has 124 valence electrons. The summed E-state index contributed by atoms with van der Waals surface area (Å²) in [5, 5.41) is 4.02. The van der Waals surface area contributed by atoms with Crippen LogP contribution in [0.1, 0.15) is 22.1 Å². The Morgan fingerprint density at radius 2 is 2.04 bits per heavy atom. The van der Waals surface area contributed by atoms with Crippen LogP contribution in [0.2, 0.25) is 5.02 Å². The summed E-state index contributed by atoms with van der Waals surface area (Å²) in [4.78, 5) is 18.7. The molecule has 1 aromatic heterocycles. The van der Waals surface area contributed by atoms with E-state index in [-0.39, 0.29) is 36.8 Å². The maximum Gasteiger partial charge on any atom is 0.273 e. The van der Waals surface area contributed by atoms with Gasteiger partial charge in [-0.15, -0.1) is 24.8 Å². The third kappa shape index (κ3) is 4.58. The minimum absolute atomic E-state index is 0. The van der Waals surface area contributed by atoms with Crippen LogP contribution in [-0.2, 0) is 0 Å². The van der Waals surface area contributed by atoms with Crippen LogP contribution in [0.15, 0.2) is 48.7 Å². The lowest BCUT2D eigenvalue weighted by Crippen LogP contribution is -2.48. The topological polar surface area (TPSA) is 45.2 Å². The first-order chi connectivity index (χ1) is 10.3. The van der Waals surface area contributed by atoms with E-state index in [1.54, 1.807) is 12.3 Å². The molecule has 7 heteroatoms. The number of hydrogen-bond acceptors (Lipinski definition) is 3. The van der Waals surface area contributed by atoms with Gasteiger partial charge in [0, 0.05) is 30.9 Å². The number of carbonyl (C=O) groups excluding carboxylic acids is 1. The van der Waals surface area contributed by atoms with Gasteiger partial charge in [0.05, 0.1) is 6.04 Å². The Balaban J connectivity index is 0.00000132. The first kappa shape index (κ1) is 19.7. The molecule has 0 aliphatic carbocycles. The van der Waals surface area contributed by atoms with Gasteiger partial charge in [0.25, 0.3) is 5.91 Å². The summed E-state index contributed by atoms with van der Waals surface area (Å²) >= 11 is 6.07. The summed E-state index contributed by atoms with van der Waals surface area (Å²) in [6, 6.07) is 13.0. The third-order valence-electron chi connectivity index (χ3n) is 3.62. The molecule has 1 saturated heterocycles. The number of nitrogens with zero attached hydrogens (tertiary/aromatic N) is 2. The zero-order valence-electron chi connectivity index (χ0n) is 12.3. The summed E-state index contributed by atoms with van der Waals surface area (Å²) in [6.45, 7) is 2.17. The lowest BCUT2D eigenvalue weighted by molar-refractivity contribution is 0.0628. The minimum atomic E-state index is -0.0397. The quantitative estimate of drug-likeness (QED) is 0.876. The highest BCUT2D eigenvalue weighted by Crippen LogP contribution is 2.25. The zero-order chi connectivity index (χ0) is 14.7. The fraction of sp³-hybridized carbons (Fsp3) is 0.250. The summed E-state index contributed by atoms with van der Waals surface area (Å²) in [5.74, 6) is -0.0397. The van der Waals surface area contributed by atoms with E-state index in [0.717, 1.165) is 18.7 Å². The fourth-order valence-corrected chi connectivity index (χ4v) is 2.79. The summed E-state index contributed by atoms with van der Waals surface area (Å²) < 4.78 is 0. The molecular weight excluding hydrogens is 357 g/mol. The summed E-state index contributed by atoms with van der Waals surface area (Å²) in [6.07, 6.45) is 1.64. The molecule has 1 amide bonds. The molecule has 1 aliphatic heterocycles. The average molecular weight is 375 g/mol. The highest BCUT2D eigenvalue weighted by atomic mass is 35.5. The lowest BCUT2D eigenvalue weighted by Gasteiger charge is -2.36. The molecule has 2 aromatic rings. The third-order valence-corrected chi connectivity index (χ3v) is 3.86. The molecule has 0 saturated carbocycles. The number of benzene rings is 1. The van der Waals surface area contributed by atoms with Crippen LogP contribution in [0.4, 0.5) is 0 Å². The standard InChI is InChI=1S/C16H16ClN3O.2ClH/c17-13-5-3-4-12(10-13)15-11-18-8-9-20(15)16(21)14-6-1-2-7-19-14;;/h1-7,10,15,18H,8-9,11H2;2*1H. The van der Waals surface area contributed by atoms with Crippen LogP contribution in [0, 0.1) is 0 Å². The van der Waals surface area contributed by atoms with Gasteiger partial charge in [0.15, 0.2) is 0 Å². The number of aromatic nitrogens is 1. The largest absolute Gasteiger partial charge is 0.328 e. The molecule has 23 heavy (non-hydrogen) atoms. The number of pyridine rings is 1. The number of hydrogen-bond donors (Lipinski definition) is 1. The van der Waals surface area contributed by atoms with Crippen LogP contribution in [0.3, 0.4) is 0 Å². The molecule has 1 aliphatic rings.